The van der Waals surface area contributed by atoms with E-state index in [0.717, 1.165) is 97.6 Å². The Bertz CT molecular complexity index is 2720. The van der Waals surface area contributed by atoms with Crippen molar-refractivity contribution in [1.82, 2.24) is 15.0 Å². The predicted octanol–water partition coefficient (Wildman–Crippen LogP) is 13.2. The van der Waals surface area contributed by atoms with Gasteiger partial charge < -0.3 is 0 Å². The Morgan fingerprint density at radius 2 is 0.982 bits per heavy atom. The number of aromatic nitrogens is 3. The summed E-state index contributed by atoms with van der Waals surface area (Å²) in [6.45, 7) is 0. The summed E-state index contributed by atoms with van der Waals surface area (Å²) in [7, 11) is 0. The van der Waals surface area contributed by atoms with E-state index in [4.69, 9.17) is 19.9 Å². The summed E-state index contributed by atoms with van der Waals surface area (Å²) < 4.78 is 0. The molecule has 2 aromatic heterocycles. The van der Waals surface area contributed by atoms with E-state index < -0.39 is 0 Å². The van der Waals surface area contributed by atoms with Crippen LogP contribution in [0.15, 0.2) is 193 Å². The Balaban J connectivity index is 1.12. The molecule has 2 aliphatic rings. The lowest BCUT2D eigenvalue weighted by molar-refractivity contribution is 0.624. The van der Waals surface area contributed by atoms with Gasteiger partial charge >= 0.3 is 0 Å². The summed E-state index contributed by atoms with van der Waals surface area (Å²) in [5.74, 6) is 1.05. The molecule has 0 radical (unpaired) electrons. The Labute approximate surface area is 327 Å². The molecule has 3 heterocycles. The third-order valence-corrected chi connectivity index (χ3v) is 11.0. The van der Waals surface area contributed by atoms with Crippen LogP contribution >= 0.6 is 0 Å². The van der Waals surface area contributed by atoms with E-state index in [2.05, 4.69) is 170 Å². The summed E-state index contributed by atoms with van der Waals surface area (Å²) in [4.78, 5) is 21.4. The highest BCUT2D eigenvalue weighted by atomic mass is 14.9. The largest absolute Gasteiger partial charge is 0.252 e. The normalized spacial score (nSPS) is 15.9. The summed E-state index contributed by atoms with van der Waals surface area (Å²) in [6.07, 6.45) is 11.7. The van der Waals surface area contributed by atoms with Gasteiger partial charge in [0.1, 0.15) is 0 Å². The van der Waals surface area contributed by atoms with Crippen LogP contribution in [0.2, 0.25) is 0 Å². The molecular formula is C52H38N4. The summed E-state index contributed by atoms with van der Waals surface area (Å²) >= 11 is 0. The first kappa shape index (κ1) is 33.5. The zero-order chi connectivity index (χ0) is 37.3. The van der Waals surface area contributed by atoms with Crippen molar-refractivity contribution < 1.29 is 0 Å². The highest BCUT2D eigenvalue weighted by molar-refractivity contribution is 6.06. The maximum absolute atomic E-state index is 5.35. The first-order chi connectivity index (χ1) is 27.8. The molecule has 0 saturated heterocycles. The number of hydrogen-bond acceptors (Lipinski definition) is 4. The number of hydrogen-bond donors (Lipinski definition) is 0. The van der Waals surface area contributed by atoms with Gasteiger partial charge in [-0.1, -0.05) is 176 Å². The first-order valence-electron chi connectivity index (χ1n) is 19.4. The van der Waals surface area contributed by atoms with E-state index in [1.807, 2.05) is 18.2 Å². The molecule has 0 saturated carbocycles. The summed E-state index contributed by atoms with van der Waals surface area (Å²) in [5.41, 5.74) is 15.7. The van der Waals surface area contributed by atoms with E-state index in [0.29, 0.717) is 11.7 Å². The standard InChI is InChI=1S/C52H38N4/c1-2-13-24-45-42(22-6-1)34-44-48(54-46-25-15-14-23-43(46)51(44)53-45)40-30-28-37(29-31-40)47-49(38-18-9-4-10-19-38)55-52(56-50(47)39-20-11-5-12-21-39)41-32-26-36(27-33-41)35-16-7-3-8-17-35/h1-5,7-21,23-33,42H,6,22,34H2/b2-1-,24-13-. The lowest BCUT2D eigenvalue weighted by Gasteiger charge is -2.26. The molecule has 1 aliphatic carbocycles. The number of para-hydroxylation sites is 1. The molecule has 0 fully saturated rings. The zero-order valence-corrected chi connectivity index (χ0v) is 30.9. The average molecular weight is 719 g/mol. The lowest BCUT2D eigenvalue weighted by Crippen LogP contribution is -2.20. The Morgan fingerprint density at radius 3 is 1.66 bits per heavy atom. The fourth-order valence-corrected chi connectivity index (χ4v) is 8.13. The molecule has 1 atom stereocenters. The van der Waals surface area contributed by atoms with Crippen molar-refractivity contribution in [1.29, 1.82) is 0 Å². The second-order valence-corrected chi connectivity index (χ2v) is 14.5. The van der Waals surface area contributed by atoms with E-state index in [1.165, 1.54) is 11.1 Å². The number of allylic oxidation sites excluding steroid dienone is 4. The number of rotatable bonds is 6. The van der Waals surface area contributed by atoms with Crippen molar-refractivity contribution in [3.8, 4) is 67.4 Å². The van der Waals surface area contributed by atoms with Crippen LogP contribution in [0.1, 0.15) is 18.4 Å². The van der Waals surface area contributed by atoms with Gasteiger partial charge in [-0.05, 0) is 48.1 Å². The van der Waals surface area contributed by atoms with Crippen molar-refractivity contribution in [2.75, 3.05) is 0 Å². The van der Waals surface area contributed by atoms with Gasteiger partial charge in [-0.2, -0.15) is 0 Å². The number of nitrogens with zero attached hydrogens (tertiary/aromatic N) is 4. The fraction of sp³-hybridized carbons (Fsp3) is 0.0769. The third-order valence-electron chi connectivity index (χ3n) is 11.0. The highest BCUT2D eigenvalue weighted by Gasteiger charge is 2.27. The minimum Gasteiger partial charge on any atom is -0.252 e. The fourth-order valence-electron chi connectivity index (χ4n) is 8.13. The molecule has 0 spiro atoms. The van der Waals surface area contributed by atoms with Crippen molar-refractivity contribution >= 4 is 22.3 Å². The van der Waals surface area contributed by atoms with Gasteiger partial charge in [0.15, 0.2) is 5.82 Å². The molecule has 4 nitrogen and oxygen atoms in total. The maximum Gasteiger partial charge on any atom is 0.160 e. The molecule has 4 heteroatoms. The molecule has 1 aliphatic heterocycles. The molecule has 0 N–H and O–H groups in total. The smallest absolute Gasteiger partial charge is 0.160 e. The second-order valence-electron chi connectivity index (χ2n) is 14.5. The van der Waals surface area contributed by atoms with Gasteiger partial charge in [0.2, 0.25) is 0 Å². The molecule has 8 aromatic rings. The van der Waals surface area contributed by atoms with Crippen molar-refractivity contribution in [3.05, 3.63) is 194 Å². The topological polar surface area (TPSA) is 51.0 Å². The lowest BCUT2D eigenvalue weighted by atomic mass is 9.83. The molecule has 56 heavy (non-hydrogen) atoms. The van der Waals surface area contributed by atoms with Crippen LogP contribution in [0.25, 0.3) is 78.3 Å². The number of fused-ring (bicyclic) bond motifs is 4. The van der Waals surface area contributed by atoms with Crippen molar-refractivity contribution in [2.24, 2.45) is 10.9 Å². The average Bonchev–Trinajstić information content (AvgIpc) is 3.27. The molecule has 0 amide bonds. The van der Waals surface area contributed by atoms with E-state index in [1.54, 1.807) is 0 Å². The molecule has 6 aromatic carbocycles. The van der Waals surface area contributed by atoms with Crippen LogP contribution in [-0.2, 0) is 6.42 Å². The van der Waals surface area contributed by atoms with Gasteiger partial charge in [0, 0.05) is 50.4 Å². The van der Waals surface area contributed by atoms with Gasteiger partial charge in [-0.25, -0.2) is 15.0 Å². The van der Waals surface area contributed by atoms with Gasteiger partial charge in [-0.15, -0.1) is 0 Å². The van der Waals surface area contributed by atoms with Crippen LogP contribution < -0.4 is 0 Å². The first-order valence-corrected chi connectivity index (χ1v) is 19.4. The van der Waals surface area contributed by atoms with Gasteiger partial charge in [0.25, 0.3) is 0 Å². The summed E-state index contributed by atoms with van der Waals surface area (Å²) in [6, 6.07) is 57.2. The van der Waals surface area contributed by atoms with Crippen molar-refractivity contribution in [2.45, 2.75) is 19.3 Å². The monoisotopic (exact) mass is 718 g/mol. The van der Waals surface area contributed by atoms with Crippen LogP contribution in [-0.4, -0.2) is 20.7 Å². The van der Waals surface area contributed by atoms with E-state index >= 15 is 0 Å². The quantitative estimate of drug-likeness (QED) is 0.172. The molecular weight excluding hydrogens is 681 g/mol. The second kappa shape index (κ2) is 14.7. The van der Waals surface area contributed by atoms with Crippen LogP contribution in [0.3, 0.4) is 0 Å². The Kier molecular flexibility index (Phi) is 8.77. The summed E-state index contributed by atoms with van der Waals surface area (Å²) in [5, 5.41) is 1.10. The highest BCUT2D eigenvalue weighted by Crippen LogP contribution is 2.44. The van der Waals surface area contributed by atoms with Crippen LogP contribution in [0.5, 0.6) is 0 Å². The molecule has 10 rings (SSSR count). The minimum absolute atomic E-state index is 0.358. The Morgan fingerprint density at radius 1 is 0.446 bits per heavy atom. The predicted molar refractivity (Wildman–Crippen MR) is 232 cm³/mol. The van der Waals surface area contributed by atoms with E-state index in [9.17, 15) is 0 Å². The zero-order valence-electron chi connectivity index (χ0n) is 30.9. The number of aliphatic imine (C=N–C) groups is 1. The van der Waals surface area contributed by atoms with Crippen LogP contribution in [0, 0.1) is 5.92 Å². The minimum atomic E-state index is 0.358. The van der Waals surface area contributed by atoms with Crippen LogP contribution in [0.4, 0.5) is 5.69 Å². The number of pyridine rings is 1. The molecule has 0 bridgehead atoms. The Hall–Kier alpha value is -7.04. The van der Waals surface area contributed by atoms with E-state index in [-0.39, 0.29) is 0 Å². The number of benzene rings is 6. The third kappa shape index (κ3) is 6.35. The molecule has 1 unspecified atom stereocenters. The SMILES string of the molecule is C1=C\CCC2Cc3c(-c4ccc(-c5c(-c6ccccc6)nc(-c6ccc(-c7ccccc7)cc6)nc5-c5ccccc5)cc4)nc4ccccc4c3N=C2\C=C/1. The maximum atomic E-state index is 5.35. The van der Waals surface area contributed by atoms with Gasteiger partial charge in [0.05, 0.1) is 28.3 Å². The molecule has 266 valence electrons. The van der Waals surface area contributed by atoms with Gasteiger partial charge in [-0.3, -0.25) is 4.99 Å². The van der Waals surface area contributed by atoms with Crippen molar-refractivity contribution in [3.63, 3.8) is 0 Å².